The van der Waals surface area contributed by atoms with Crippen molar-refractivity contribution in [2.45, 2.75) is 6.54 Å². The molecule has 3 heterocycles. The lowest BCUT2D eigenvalue weighted by molar-refractivity contribution is -0.113. The van der Waals surface area contributed by atoms with Crippen LogP contribution in [0.15, 0.2) is 76.0 Å². The number of benzene rings is 3. The minimum absolute atomic E-state index is 0.264. The van der Waals surface area contributed by atoms with Crippen LogP contribution in [0.2, 0.25) is 5.02 Å². The Kier molecular flexibility index (Phi) is 5.63. The molecule has 6 rings (SSSR count). The molecule has 0 aliphatic carbocycles. The fraction of sp³-hybridized carbons (Fsp3) is 0.0769. The van der Waals surface area contributed by atoms with Crippen LogP contribution >= 0.6 is 38.9 Å². The molecule has 0 N–H and O–H groups in total. The molecule has 178 valence electrons. The number of aromatic nitrogens is 3. The summed E-state index contributed by atoms with van der Waals surface area (Å²) in [4.78, 5) is 33.8. The maximum Gasteiger partial charge on any atom is 0.291 e. The van der Waals surface area contributed by atoms with Gasteiger partial charge in [0.05, 0.1) is 24.9 Å². The van der Waals surface area contributed by atoms with Crippen molar-refractivity contribution in [3.8, 4) is 17.1 Å². The number of thiazole rings is 1. The van der Waals surface area contributed by atoms with E-state index in [4.69, 9.17) is 16.3 Å². The van der Waals surface area contributed by atoms with Crippen molar-refractivity contribution in [1.29, 1.82) is 0 Å². The van der Waals surface area contributed by atoms with Gasteiger partial charge in [0, 0.05) is 20.6 Å². The lowest BCUT2D eigenvalue weighted by Crippen LogP contribution is -2.32. The van der Waals surface area contributed by atoms with Crippen LogP contribution in [0.4, 0.5) is 5.69 Å². The Morgan fingerprint density at radius 2 is 1.83 bits per heavy atom. The maximum atomic E-state index is 13.7. The zero-order chi connectivity index (χ0) is 25.0. The van der Waals surface area contributed by atoms with Crippen molar-refractivity contribution < 1.29 is 9.53 Å². The van der Waals surface area contributed by atoms with Crippen LogP contribution in [0.25, 0.3) is 21.9 Å². The Hall–Kier alpha value is -3.53. The van der Waals surface area contributed by atoms with Gasteiger partial charge in [0.25, 0.3) is 11.5 Å². The van der Waals surface area contributed by atoms with Crippen LogP contribution in [0, 0.1) is 0 Å². The topological polar surface area (TPSA) is 76.8 Å². The van der Waals surface area contributed by atoms with E-state index in [0.717, 1.165) is 32.6 Å². The lowest BCUT2D eigenvalue weighted by Gasteiger charge is -2.18. The number of ether oxygens (including phenoxy) is 1. The number of hydrogen-bond acceptors (Lipinski definition) is 6. The van der Waals surface area contributed by atoms with Gasteiger partial charge in [-0.3, -0.25) is 9.59 Å². The molecule has 0 radical (unpaired) electrons. The molecule has 7 nitrogen and oxygen atoms in total. The van der Waals surface area contributed by atoms with E-state index >= 15 is 0 Å². The maximum absolute atomic E-state index is 13.7. The highest BCUT2D eigenvalue weighted by atomic mass is 79.9. The molecule has 0 saturated carbocycles. The molecular weight excluding hydrogens is 564 g/mol. The highest BCUT2D eigenvalue weighted by Gasteiger charge is 2.35. The molecule has 1 amide bonds. The summed E-state index contributed by atoms with van der Waals surface area (Å²) in [5.74, 6) is 0.882. The first-order valence-corrected chi connectivity index (χ1v) is 12.9. The van der Waals surface area contributed by atoms with Crippen molar-refractivity contribution in [2.75, 3.05) is 12.0 Å². The van der Waals surface area contributed by atoms with Crippen LogP contribution in [0.1, 0.15) is 11.1 Å². The van der Waals surface area contributed by atoms with Gasteiger partial charge in [-0.25, -0.2) is 0 Å². The minimum Gasteiger partial charge on any atom is -0.497 e. The first-order valence-electron chi connectivity index (χ1n) is 10.9. The molecule has 0 saturated heterocycles. The van der Waals surface area contributed by atoms with E-state index in [1.807, 2.05) is 60.7 Å². The molecule has 36 heavy (non-hydrogen) atoms. The van der Waals surface area contributed by atoms with Gasteiger partial charge in [0.1, 0.15) is 10.3 Å². The first-order chi connectivity index (χ1) is 17.4. The highest BCUT2D eigenvalue weighted by molar-refractivity contribution is 9.10. The summed E-state index contributed by atoms with van der Waals surface area (Å²) in [5, 5.41) is 5.00. The van der Waals surface area contributed by atoms with Gasteiger partial charge >= 0.3 is 0 Å². The van der Waals surface area contributed by atoms with E-state index in [1.54, 1.807) is 18.1 Å². The Morgan fingerprint density at radius 3 is 2.56 bits per heavy atom. The number of fused-ring (bicyclic) bond motifs is 2. The van der Waals surface area contributed by atoms with Crippen LogP contribution in [-0.4, -0.2) is 27.6 Å². The van der Waals surface area contributed by atoms with E-state index < -0.39 is 0 Å². The number of halogens is 2. The van der Waals surface area contributed by atoms with Gasteiger partial charge in [-0.1, -0.05) is 57.1 Å². The average Bonchev–Trinajstić information content (AvgIpc) is 3.51. The van der Waals surface area contributed by atoms with E-state index in [9.17, 15) is 9.59 Å². The molecule has 3 aromatic carbocycles. The van der Waals surface area contributed by atoms with E-state index in [-0.39, 0.29) is 18.0 Å². The third-order valence-corrected chi connectivity index (χ3v) is 7.89. The minimum atomic E-state index is -0.379. The van der Waals surface area contributed by atoms with Crippen LogP contribution < -0.4 is 19.7 Å². The van der Waals surface area contributed by atoms with Crippen LogP contribution in [0.3, 0.4) is 0 Å². The van der Waals surface area contributed by atoms with Crippen molar-refractivity contribution >= 4 is 61.0 Å². The molecule has 10 heteroatoms. The Labute approximate surface area is 222 Å². The van der Waals surface area contributed by atoms with E-state index in [1.165, 1.54) is 4.52 Å². The predicted octanol–water partition coefficient (Wildman–Crippen LogP) is 4.71. The molecular formula is C26H16BrClN4O3S. The molecule has 2 aromatic heterocycles. The quantitative estimate of drug-likeness (QED) is 0.308. The standard InChI is InChI=1S/C26H16BrClN4O3S/c1-35-17-9-6-14(7-10-17)23-29-26-32(30-23)25(34)22(36-26)21-18-12-16(27)8-11-20(18)31(24(21)33)13-15-4-2-3-5-19(15)28/h2-12H,13H2,1H3/b22-21-. The zero-order valence-electron chi connectivity index (χ0n) is 18.7. The number of methoxy groups -OCH3 is 1. The molecule has 1 aliphatic rings. The number of rotatable bonds is 4. The average molecular weight is 580 g/mol. The summed E-state index contributed by atoms with van der Waals surface area (Å²) in [5.41, 5.74) is 2.94. The molecule has 0 atom stereocenters. The zero-order valence-corrected chi connectivity index (χ0v) is 21.9. The molecule has 0 spiro atoms. The van der Waals surface area contributed by atoms with E-state index in [0.29, 0.717) is 37.2 Å². The fourth-order valence-corrected chi connectivity index (χ4v) is 5.78. The summed E-state index contributed by atoms with van der Waals surface area (Å²) in [7, 11) is 1.60. The summed E-state index contributed by atoms with van der Waals surface area (Å²) >= 11 is 11.0. The van der Waals surface area contributed by atoms with Gasteiger partial charge in [0.2, 0.25) is 4.96 Å². The number of carbonyl (C=O) groups is 1. The fourth-order valence-electron chi connectivity index (χ4n) is 4.22. The summed E-state index contributed by atoms with van der Waals surface area (Å²) in [6.07, 6.45) is 0. The Morgan fingerprint density at radius 1 is 1.06 bits per heavy atom. The molecule has 5 aromatic rings. The summed E-state index contributed by atoms with van der Waals surface area (Å²) < 4.78 is 7.56. The van der Waals surface area contributed by atoms with Crippen molar-refractivity contribution in [2.24, 2.45) is 0 Å². The van der Waals surface area contributed by atoms with Crippen LogP contribution in [-0.2, 0) is 11.3 Å². The highest BCUT2D eigenvalue weighted by Crippen LogP contribution is 2.38. The molecule has 0 fully saturated rings. The van der Waals surface area contributed by atoms with Gasteiger partial charge in [-0.2, -0.15) is 9.50 Å². The second-order valence-corrected chi connectivity index (χ2v) is 10.4. The third kappa shape index (κ3) is 3.71. The smallest absolute Gasteiger partial charge is 0.291 e. The molecule has 0 bridgehead atoms. The Bertz CT molecular complexity index is 1780. The number of anilines is 1. The monoisotopic (exact) mass is 578 g/mol. The first kappa shape index (κ1) is 22.9. The normalized spacial score (nSPS) is 14.5. The largest absolute Gasteiger partial charge is 0.497 e. The Balaban J connectivity index is 1.49. The van der Waals surface area contributed by atoms with Gasteiger partial charge in [-0.05, 0) is 54.1 Å². The van der Waals surface area contributed by atoms with Gasteiger partial charge in [-0.15, -0.1) is 5.10 Å². The second-order valence-electron chi connectivity index (χ2n) is 8.11. The SMILES string of the molecule is COc1ccc(-c2nc3s/c(=C4\C(=O)N(Cc5ccccc5Cl)c5ccc(Br)cc54)c(=O)n3n2)cc1. The van der Waals surface area contributed by atoms with Crippen molar-refractivity contribution in [1.82, 2.24) is 14.6 Å². The van der Waals surface area contributed by atoms with Crippen molar-refractivity contribution in [3.05, 3.63) is 102 Å². The molecule has 0 unspecified atom stereocenters. The van der Waals surface area contributed by atoms with E-state index in [2.05, 4.69) is 26.0 Å². The number of nitrogens with zero attached hydrogens (tertiary/aromatic N) is 4. The lowest BCUT2D eigenvalue weighted by atomic mass is 10.1. The number of carbonyl (C=O) groups excluding carboxylic acids is 1. The number of amides is 1. The van der Waals surface area contributed by atoms with Crippen molar-refractivity contribution in [3.63, 3.8) is 0 Å². The van der Waals surface area contributed by atoms with Crippen LogP contribution in [0.5, 0.6) is 5.75 Å². The molecule has 1 aliphatic heterocycles. The summed E-state index contributed by atoms with van der Waals surface area (Å²) in [6.45, 7) is 0.285. The third-order valence-electron chi connectivity index (χ3n) is 6.00. The van der Waals surface area contributed by atoms with Gasteiger partial charge < -0.3 is 9.64 Å². The second kappa shape index (κ2) is 8.85. The predicted molar refractivity (Wildman–Crippen MR) is 144 cm³/mol. The summed E-state index contributed by atoms with van der Waals surface area (Å²) in [6, 6.07) is 20.3. The van der Waals surface area contributed by atoms with Gasteiger partial charge in [0.15, 0.2) is 5.82 Å². The number of hydrogen-bond donors (Lipinski definition) is 0.